The van der Waals surface area contributed by atoms with Crippen molar-refractivity contribution in [3.8, 4) is 0 Å². The van der Waals surface area contributed by atoms with E-state index in [0.717, 1.165) is 21.6 Å². The van der Waals surface area contributed by atoms with Crippen LogP contribution in [0, 0.1) is 0 Å². The number of hydrogen-bond donors (Lipinski definition) is 1. The van der Waals surface area contributed by atoms with E-state index < -0.39 is 7.14 Å². The van der Waals surface area contributed by atoms with Crippen molar-refractivity contribution in [3.63, 3.8) is 0 Å². The molecule has 0 aliphatic heterocycles. The molecule has 3 heteroatoms. The Balaban J connectivity index is 2.04. The predicted molar refractivity (Wildman–Crippen MR) is 116 cm³/mol. The zero-order valence-electron chi connectivity index (χ0n) is 16.1. The molecule has 3 aromatic rings. The topological polar surface area (TPSA) is 29.1 Å². The van der Waals surface area contributed by atoms with Gasteiger partial charge >= 0.3 is 0 Å². The number of rotatable bonds is 6. The van der Waals surface area contributed by atoms with Crippen LogP contribution in [0.15, 0.2) is 102 Å². The average molecular weight is 375 g/mol. The average Bonchev–Trinajstić information content (AvgIpc) is 2.74. The molecular weight excluding hydrogens is 349 g/mol. The third-order valence-electron chi connectivity index (χ3n) is 4.99. The molecular formula is C24H26NOP. The van der Waals surface area contributed by atoms with Crippen LogP contribution in [0.5, 0.6) is 0 Å². The normalized spacial score (nSPS) is 13.6. The van der Waals surface area contributed by atoms with Crippen molar-refractivity contribution in [1.29, 1.82) is 0 Å². The maximum absolute atomic E-state index is 14.4. The highest BCUT2D eigenvalue weighted by atomic mass is 31.2. The fourth-order valence-corrected chi connectivity index (χ4v) is 6.10. The number of nitrogens with one attached hydrogen (secondary N) is 1. The molecule has 1 atom stereocenters. The Bertz CT molecular complexity index is 906. The quantitative estimate of drug-likeness (QED) is 0.568. The SMILES string of the molecule is C/C(NC(C)c1ccccc1)=C(\C)P(=O)(c1ccccc1)c1ccccc1. The molecule has 1 unspecified atom stereocenters. The molecule has 3 rings (SSSR count). The van der Waals surface area contributed by atoms with Crippen molar-refractivity contribution in [1.82, 2.24) is 5.32 Å². The number of benzene rings is 3. The van der Waals surface area contributed by atoms with E-state index in [2.05, 4.69) is 24.4 Å². The third kappa shape index (κ3) is 4.07. The zero-order chi connectivity index (χ0) is 19.3. The summed E-state index contributed by atoms with van der Waals surface area (Å²) in [6.45, 7) is 6.14. The lowest BCUT2D eigenvalue weighted by Crippen LogP contribution is -2.22. The summed E-state index contributed by atoms with van der Waals surface area (Å²) in [7, 11) is -2.90. The van der Waals surface area contributed by atoms with Crippen molar-refractivity contribution in [2.75, 3.05) is 0 Å². The van der Waals surface area contributed by atoms with Crippen molar-refractivity contribution in [2.24, 2.45) is 0 Å². The highest BCUT2D eigenvalue weighted by Crippen LogP contribution is 2.52. The van der Waals surface area contributed by atoms with Gasteiger partial charge in [0.05, 0.1) is 0 Å². The molecule has 0 aliphatic rings. The largest absolute Gasteiger partial charge is 0.382 e. The van der Waals surface area contributed by atoms with Gasteiger partial charge in [-0.25, -0.2) is 0 Å². The molecule has 0 radical (unpaired) electrons. The molecule has 0 saturated carbocycles. The highest BCUT2D eigenvalue weighted by Gasteiger charge is 2.30. The highest BCUT2D eigenvalue weighted by molar-refractivity contribution is 7.82. The Morgan fingerprint density at radius 3 is 1.59 bits per heavy atom. The van der Waals surface area contributed by atoms with Crippen LogP contribution in [0.25, 0.3) is 0 Å². The Kier molecular flexibility index (Phi) is 5.98. The molecule has 27 heavy (non-hydrogen) atoms. The van der Waals surface area contributed by atoms with Gasteiger partial charge in [-0.3, -0.25) is 0 Å². The monoisotopic (exact) mass is 375 g/mol. The summed E-state index contributed by atoms with van der Waals surface area (Å²) in [6.07, 6.45) is 0. The number of allylic oxidation sites excluding steroid dienone is 2. The van der Waals surface area contributed by atoms with Gasteiger partial charge < -0.3 is 9.88 Å². The molecule has 0 aliphatic carbocycles. The summed E-state index contributed by atoms with van der Waals surface area (Å²) < 4.78 is 14.4. The first-order valence-electron chi connectivity index (χ1n) is 9.24. The summed E-state index contributed by atoms with van der Waals surface area (Å²) in [4.78, 5) is 0. The Morgan fingerprint density at radius 1 is 0.741 bits per heavy atom. The molecule has 3 aromatic carbocycles. The fourth-order valence-electron chi connectivity index (χ4n) is 3.30. The van der Waals surface area contributed by atoms with E-state index in [4.69, 9.17) is 0 Å². The van der Waals surface area contributed by atoms with Gasteiger partial charge in [0.15, 0.2) is 7.14 Å². The van der Waals surface area contributed by atoms with Crippen LogP contribution in [0.4, 0.5) is 0 Å². The van der Waals surface area contributed by atoms with Crippen molar-refractivity contribution < 1.29 is 4.57 Å². The smallest absolute Gasteiger partial charge is 0.168 e. The minimum atomic E-state index is -2.90. The second-order valence-corrected chi connectivity index (χ2v) is 9.69. The second kappa shape index (κ2) is 8.41. The lowest BCUT2D eigenvalue weighted by molar-refractivity contribution is 0.589. The van der Waals surface area contributed by atoms with Gasteiger partial charge in [0.2, 0.25) is 0 Å². The van der Waals surface area contributed by atoms with Crippen molar-refractivity contribution in [3.05, 3.63) is 108 Å². The summed E-state index contributed by atoms with van der Waals surface area (Å²) >= 11 is 0. The lowest BCUT2D eigenvalue weighted by Gasteiger charge is -2.25. The van der Waals surface area contributed by atoms with Gasteiger partial charge in [0.25, 0.3) is 0 Å². The van der Waals surface area contributed by atoms with Gasteiger partial charge in [0.1, 0.15) is 0 Å². The van der Waals surface area contributed by atoms with Crippen LogP contribution >= 0.6 is 7.14 Å². The van der Waals surface area contributed by atoms with Crippen LogP contribution in [0.1, 0.15) is 32.4 Å². The summed E-state index contributed by atoms with van der Waals surface area (Å²) in [6, 6.07) is 30.0. The molecule has 0 aromatic heterocycles. The first-order valence-corrected chi connectivity index (χ1v) is 10.9. The summed E-state index contributed by atoms with van der Waals surface area (Å²) in [5, 5.41) is 6.17. The maximum atomic E-state index is 14.4. The molecule has 2 nitrogen and oxygen atoms in total. The van der Waals surface area contributed by atoms with Gasteiger partial charge in [-0.1, -0.05) is 91.0 Å². The van der Waals surface area contributed by atoms with E-state index in [1.807, 2.05) is 92.7 Å². The minimum Gasteiger partial charge on any atom is -0.382 e. The van der Waals surface area contributed by atoms with Crippen LogP contribution in [0.3, 0.4) is 0 Å². The summed E-state index contributed by atoms with van der Waals surface area (Å²) in [5.41, 5.74) is 2.17. The van der Waals surface area contributed by atoms with Gasteiger partial charge in [-0.15, -0.1) is 0 Å². The Morgan fingerprint density at radius 2 is 1.15 bits per heavy atom. The van der Waals surface area contributed by atoms with E-state index in [1.165, 1.54) is 5.56 Å². The van der Waals surface area contributed by atoms with Crippen LogP contribution < -0.4 is 15.9 Å². The van der Waals surface area contributed by atoms with Crippen LogP contribution in [0.2, 0.25) is 0 Å². The first-order chi connectivity index (χ1) is 13.0. The first kappa shape index (κ1) is 19.2. The van der Waals surface area contributed by atoms with E-state index in [1.54, 1.807) is 0 Å². The van der Waals surface area contributed by atoms with Gasteiger partial charge in [-0.2, -0.15) is 0 Å². The summed E-state index contributed by atoms with van der Waals surface area (Å²) in [5.74, 6) is 0. The molecule has 0 fully saturated rings. The second-order valence-electron chi connectivity index (χ2n) is 6.77. The minimum absolute atomic E-state index is 0.140. The van der Waals surface area contributed by atoms with E-state index >= 15 is 0 Å². The molecule has 0 saturated heterocycles. The van der Waals surface area contributed by atoms with E-state index in [9.17, 15) is 4.57 Å². The molecule has 0 amide bonds. The van der Waals surface area contributed by atoms with Crippen LogP contribution in [-0.4, -0.2) is 0 Å². The Hall–Kier alpha value is -2.57. The Labute approximate surface area is 162 Å². The molecule has 0 heterocycles. The third-order valence-corrected chi connectivity index (χ3v) is 8.32. The standard InChI is InChI=1S/C24H26NOP/c1-19(25-20(2)22-13-7-4-8-14-22)21(3)27(26,23-15-9-5-10-16-23)24-17-11-6-12-18-24/h4-18,20,25H,1-3H3/b21-19-. The molecule has 0 spiro atoms. The number of hydrogen-bond acceptors (Lipinski definition) is 2. The van der Waals surface area contributed by atoms with Crippen LogP contribution in [-0.2, 0) is 4.57 Å². The molecule has 138 valence electrons. The molecule has 0 bridgehead atoms. The fraction of sp³-hybridized carbons (Fsp3) is 0.167. The maximum Gasteiger partial charge on any atom is 0.168 e. The van der Waals surface area contributed by atoms with Crippen molar-refractivity contribution in [2.45, 2.75) is 26.8 Å². The van der Waals surface area contributed by atoms with Gasteiger partial charge in [-0.05, 0) is 26.3 Å². The van der Waals surface area contributed by atoms with E-state index in [0.29, 0.717) is 0 Å². The zero-order valence-corrected chi connectivity index (χ0v) is 17.0. The van der Waals surface area contributed by atoms with Gasteiger partial charge in [0, 0.05) is 27.7 Å². The van der Waals surface area contributed by atoms with E-state index in [-0.39, 0.29) is 6.04 Å². The molecule has 1 N–H and O–H groups in total. The predicted octanol–water partition coefficient (Wildman–Crippen LogP) is 5.60. The lowest BCUT2D eigenvalue weighted by atomic mass is 10.1. The van der Waals surface area contributed by atoms with Crippen molar-refractivity contribution >= 4 is 17.8 Å².